The standard InChI is InChI=1S/C13H18N2O/c1-16-12-6-10(7-14)2-3-11(12)15-8-13(9-15)4-5-13/h2-3,6H,4-5,7-9,14H2,1H3. The quantitative estimate of drug-likeness (QED) is 0.840. The molecule has 2 aliphatic rings. The summed E-state index contributed by atoms with van der Waals surface area (Å²) in [6, 6.07) is 6.28. The molecule has 3 heteroatoms. The van der Waals surface area contributed by atoms with Crippen molar-refractivity contribution in [3.63, 3.8) is 0 Å². The van der Waals surface area contributed by atoms with Crippen LogP contribution in [0.3, 0.4) is 0 Å². The van der Waals surface area contributed by atoms with Gasteiger partial charge >= 0.3 is 0 Å². The van der Waals surface area contributed by atoms with Gasteiger partial charge in [0.25, 0.3) is 0 Å². The van der Waals surface area contributed by atoms with E-state index in [1.54, 1.807) is 7.11 Å². The maximum atomic E-state index is 5.63. The summed E-state index contributed by atoms with van der Waals surface area (Å²) in [5, 5.41) is 0. The van der Waals surface area contributed by atoms with Crippen molar-refractivity contribution in [2.45, 2.75) is 19.4 Å². The lowest BCUT2D eigenvalue weighted by Crippen LogP contribution is -2.48. The monoisotopic (exact) mass is 218 g/mol. The number of ether oxygens (including phenoxy) is 1. The van der Waals surface area contributed by atoms with E-state index in [-0.39, 0.29) is 0 Å². The van der Waals surface area contributed by atoms with E-state index in [4.69, 9.17) is 10.5 Å². The zero-order valence-electron chi connectivity index (χ0n) is 9.70. The minimum atomic E-state index is 0.570. The lowest BCUT2D eigenvalue weighted by Gasteiger charge is -2.42. The van der Waals surface area contributed by atoms with Crippen molar-refractivity contribution in [2.24, 2.45) is 11.1 Å². The maximum Gasteiger partial charge on any atom is 0.142 e. The highest BCUT2D eigenvalue weighted by atomic mass is 16.5. The third-order valence-electron chi connectivity index (χ3n) is 3.83. The maximum absolute atomic E-state index is 5.63. The van der Waals surface area contributed by atoms with Gasteiger partial charge in [-0.05, 0) is 30.5 Å². The summed E-state index contributed by atoms with van der Waals surface area (Å²) in [5.74, 6) is 0.957. The van der Waals surface area contributed by atoms with Gasteiger partial charge in [-0.25, -0.2) is 0 Å². The number of rotatable bonds is 3. The average molecular weight is 218 g/mol. The fraction of sp³-hybridized carbons (Fsp3) is 0.538. The summed E-state index contributed by atoms with van der Waals surface area (Å²) < 4.78 is 5.44. The molecule has 1 aliphatic heterocycles. The van der Waals surface area contributed by atoms with Crippen LogP contribution in [0.2, 0.25) is 0 Å². The Hall–Kier alpha value is -1.22. The summed E-state index contributed by atoms with van der Waals surface area (Å²) in [6.45, 7) is 2.97. The molecule has 0 aromatic heterocycles. The number of nitrogens with two attached hydrogens (primary N) is 1. The Labute approximate surface area is 96.2 Å². The van der Waals surface area contributed by atoms with Crippen LogP contribution in [-0.4, -0.2) is 20.2 Å². The van der Waals surface area contributed by atoms with E-state index in [0.717, 1.165) is 11.3 Å². The molecule has 2 N–H and O–H groups in total. The fourth-order valence-corrected chi connectivity index (χ4v) is 2.54. The van der Waals surface area contributed by atoms with Gasteiger partial charge in [-0.15, -0.1) is 0 Å². The normalized spacial score (nSPS) is 20.8. The largest absolute Gasteiger partial charge is 0.495 e. The molecule has 1 aromatic carbocycles. The van der Waals surface area contributed by atoms with Gasteiger partial charge in [-0.3, -0.25) is 0 Å². The Kier molecular flexibility index (Phi) is 2.11. The zero-order valence-corrected chi connectivity index (χ0v) is 9.70. The first-order chi connectivity index (χ1) is 7.76. The number of nitrogens with zero attached hydrogens (tertiary/aromatic N) is 1. The first-order valence-electron chi connectivity index (χ1n) is 5.88. The Bertz CT molecular complexity index is 404. The van der Waals surface area contributed by atoms with Crippen LogP contribution in [0.5, 0.6) is 5.75 Å². The molecule has 1 saturated heterocycles. The molecule has 0 radical (unpaired) electrons. The van der Waals surface area contributed by atoms with E-state index in [1.807, 2.05) is 6.07 Å². The summed E-state index contributed by atoms with van der Waals surface area (Å²) in [7, 11) is 1.73. The molecule has 0 amide bonds. The molecule has 3 nitrogen and oxygen atoms in total. The SMILES string of the molecule is COc1cc(CN)ccc1N1CC2(CC2)C1. The van der Waals surface area contributed by atoms with Crippen LogP contribution in [0.25, 0.3) is 0 Å². The average Bonchev–Trinajstić information content (AvgIpc) is 3.06. The summed E-state index contributed by atoms with van der Waals surface area (Å²) >= 11 is 0. The van der Waals surface area contributed by atoms with Gasteiger partial charge in [0, 0.05) is 25.0 Å². The molecule has 86 valence electrons. The van der Waals surface area contributed by atoms with Crippen molar-refractivity contribution in [2.75, 3.05) is 25.1 Å². The van der Waals surface area contributed by atoms with E-state index in [0.29, 0.717) is 12.0 Å². The molecule has 0 bridgehead atoms. The molecule has 0 atom stereocenters. The van der Waals surface area contributed by atoms with Crippen molar-refractivity contribution in [1.82, 2.24) is 0 Å². The zero-order chi connectivity index (χ0) is 11.2. The number of anilines is 1. The van der Waals surface area contributed by atoms with Crippen LogP contribution in [0.1, 0.15) is 18.4 Å². The molecule has 1 heterocycles. The van der Waals surface area contributed by atoms with Crippen LogP contribution >= 0.6 is 0 Å². The molecule has 1 spiro atoms. The third kappa shape index (κ3) is 1.47. The van der Waals surface area contributed by atoms with Crippen LogP contribution < -0.4 is 15.4 Å². The minimum absolute atomic E-state index is 0.570. The van der Waals surface area contributed by atoms with Crippen LogP contribution in [0, 0.1) is 5.41 Å². The van der Waals surface area contributed by atoms with E-state index < -0.39 is 0 Å². The molecule has 0 unspecified atom stereocenters. The molecule has 16 heavy (non-hydrogen) atoms. The van der Waals surface area contributed by atoms with Crippen molar-refractivity contribution in [1.29, 1.82) is 0 Å². The predicted octanol–water partition coefficient (Wildman–Crippen LogP) is 1.75. The van der Waals surface area contributed by atoms with E-state index in [9.17, 15) is 0 Å². The van der Waals surface area contributed by atoms with Gasteiger partial charge in [0.2, 0.25) is 0 Å². The van der Waals surface area contributed by atoms with E-state index in [2.05, 4.69) is 17.0 Å². The molecule has 1 saturated carbocycles. The second kappa shape index (κ2) is 3.39. The molecular weight excluding hydrogens is 200 g/mol. The lowest BCUT2D eigenvalue weighted by molar-refractivity contribution is 0.371. The molecular formula is C13H18N2O. The number of hydrogen-bond acceptors (Lipinski definition) is 3. The van der Waals surface area contributed by atoms with E-state index >= 15 is 0 Å². The lowest BCUT2D eigenvalue weighted by atomic mass is 9.95. The van der Waals surface area contributed by atoms with Crippen molar-refractivity contribution < 1.29 is 4.74 Å². The first kappa shape index (κ1) is 9.97. The summed E-state index contributed by atoms with van der Waals surface area (Å²) in [4.78, 5) is 2.41. The van der Waals surface area contributed by atoms with Gasteiger partial charge < -0.3 is 15.4 Å². The van der Waals surface area contributed by atoms with Gasteiger partial charge in [-0.2, -0.15) is 0 Å². The van der Waals surface area contributed by atoms with Crippen molar-refractivity contribution in [3.05, 3.63) is 23.8 Å². The Morgan fingerprint density at radius 2 is 2.12 bits per heavy atom. The number of methoxy groups -OCH3 is 1. The van der Waals surface area contributed by atoms with Gasteiger partial charge in [0.1, 0.15) is 5.75 Å². The van der Waals surface area contributed by atoms with Crippen molar-refractivity contribution >= 4 is 5.69 Å². The minimum Gasteiger partial charge on any atom is -0.495 e. The topological polar surface area (TPSA) is 38.5 Å². The van der Waals surface area contributed by atoms with E-state index in [1.165, 1.54) is 31.6 Å². The Morgan fingerprint density at radius 1 is 1.38 bits per heavy atom. The fourth-order valence-electron chi connectivity index (χ4n) is 2.54. The molecule has 1 aromatic rings. The van der Waals surface area contributed by atoms with Gasteiger partial charge in [0.15, 0.2) is 0 Å². The second-order valence-electron chi connectivity index (χ2n) is 5.07. The number of hydrogen-bond donors (Lipinski definition) is 1. The molecule has 2 fully saturated rings. The first-order valence-corrected chi connectivity index (χ1v) is 5.88. The number of benzene rings is 1. The van der Waals surface area contributed by atoms with Crippen LogP contribution in [-0.2, 0) is 6.54 Å². The summed E-state index contributed by atoms with van der Waals surface area (Å²) in [6.07, 6.45) is 2.82. The van der Waals surface area contributed by atoms with Gasteiger partial charge in [-0.1, -0.05) is 6.07 Å². The highest BCUT2D eigenvalue weighted by molar-refractivity contribution is 5.62. The third-order valence-corrected chi connectivity index (χ3v) is 3.83. The van der Waals surface area contributed by atoms with Crippen LogP contribution in [0.4, 0.5) is 5.69 Å². The van der Waals surface area contributed by atoms with Gasteiger partial charge in [0.05, 0.1) is 12.8 Å². The summed E-state index contributed by atoms with van der Waals surface area (Å²) in [5.41, 5.74) is 8.65. The second-order valence-corrected chi connectivity index (χ2v) is 5.07. The molecule has 3 rings (SSSR count). The molecule has 1 aliphatic carbocycles. The Morgan fingerprint density at radius 3 is 2.69 bits per heavy atom. The van der Waals surface area contributed by atoms with Crippen LogP contribution in [0.15, 0.2) is 18.2 Å². The predicted molar refractivity (Wildman–Crippen MR) is 64.8 cm³/mol. The smallest absolute Gasteiger partial charge is 0.142 e. The highest BCUT2D eigenvalue weighted by Crippen LogP contribution is 2.54. The Balaban J connectivity index is 1.83. The highest BCUT2D eigenvalue weighted by Gasteiger charge is 2.52. The van der Waals surface area contributed by atoms with Crippen molar-refractivity contribution in [3.8, 4) is 5.75 Å².